The summed E-state index contributed by atoms with van der Waals surface area (Å²) >= 11 is 0. The van der Waals surface area contributed by atoms with E-state index < -0.39 is 71.4 Å². The number of nitrogen functional groups attached to an aromatic ring is 1. The van der Waals surface area contributed by atoms with E-state index >= 15 is 0 Å². The van der Waals surface area contributed by atoms with Crippen molar-refractivity contribution in [1.82, 2.24) is 10.6 Å². The van der Waals surface area contributed by atoms with Crippen LogP contribution in [0.3, 0.4) is 0 Å². The third-order valence-corrected chi connectivity index (χ3v) is 10.2. The topological polar surface area (TPSA) is 254 Å². The number of unbranched alkanes of at least 4 members (excludes halogenated alkanes) is 1. The molecule has 15 nitrogen and oxygen atoms in total. The number of carbonyl (C=O) groups excluding carboxylic acids is 4. The molecule has 0 heterocycles. The minimum Gasteiger partial charge on any atom is -0.744 e. The number of hydrogen-bond donors (Lipinski definition) is 4. The van der Waals surface area contributed by atoms with E-state index in [0.29, 0.717) is 19.4 Å². The van der Waals surface area contributed by atoms with Gasteiger partial charge in [-0.05, 0) is 70.8 Å². The first-order chi connectivity index (χ1) is 23.3. The second-order valence-corrected chi connectivity index (χ2v) is 15.9. The molecule has 0 saturated carbocycles. The number of aliphatic carboxylic acids is 1. The molecule has 0 unspecified atom stereocenters. The number of sulfone groups is 1. The molecule has 1 aliphatic carbocycles. The van der Waals surface area contributed by atoms with Crippen LogP contribution in [0, 0.1) is 0 Å². The number of benzene rings is 3. The fourth-order valence-corrected chi connectivity index (χ4v) is 7.14. The monoisotopic (exact) mass is 774 g/mol. The Labute approximate surface area is 346 Å². The van der Waals surface area contributed by atoms with Crippen LogP contribution in [-0.2, 0) is 29.5 Å². The molecule has 268 valence electrons. The van der Waals surface area contributed by atoms with E-state index in [0.717, 1.165) is 6.07 Å². The summed E-state index contributed by atoms with van der Waals surface area (Å²) in [5, 5.41) is 19.4. The van der Waals surface area contributed by atoms with Gasteiger partial charge in [0.25, 0.3) is 0 Å². The van der Waals surface area contributed by atoms with Crippen LogP contribution < -0.4 is 85.9 Å². The molecule has 0 saturated heterocycles. The molecule has 1 amide bonds. The standard InChI is InChI=1S/C33H38N4O11S2.2Na/c1-33(2,3)48-32(42)37-23(31(40)41)13-6-7-14-35-15-16-49(43,44)20-10-8-9-19(17-20)36-24-18-25(50(45,46)47)28(34)27-26(24)29(38)21-11-4-5-12-22(21)30(27)39;;/h4-5,8-12,17-18,23,35-36H,6-7,13-16,34H2,1-3H3,(H,37,42)(H,40,41)(H,45,46,47);;/q;2*+1/p-2/t23-;;/m0../s1. The number of ether oxygens (including phenoxy) is 1. The van der Waals surface area contributed by atoms with Crippen LogP contribution in [0.2, 0.25) is 0 Å². The van der Waals surface area contributed by atoms with E-state index in [-0.39, 0.29) is 111 Å². The van der Waals surface area contributed by atoms with Gasteiger partial charge < -0.3 is 40.9 Å². The van der Waals surface area contributed by atoms with Gasteiger partial charge in [-0.25, -0.2) is 21.6 Å². The SMILES string of the molecule is CC(C)(C)OC(=O)N[C@@H](CCCCNCCS(=O)(=O)c1cccc(Nc2cc(S(=O)(=O)[O-])c(N)c3c2C(=O)c2ccccc2C3=O)c1)C(=O)[O-].[Na+].[Na+]. The second kappa shape index (κ2) is 18.5. The Kier molecular flexibility index (Phi) is 16.1. The zero-order chi connectivity index (χ0) is 37.0. The number of nitrogens with two attached hydrogens (primary N) is 1. The van der Waals surface area contributed by atoms with Gasteiger partial charge in [0.2, 0.25) is 0 Å². The fourth-order valence-electron chi connectivity index (χ4n) is 5.27. The van der Waals surface area contributed by atoms with Gasteiger partial charge in [-0.1, -0.05) is 30.3 Å². The van der Waals surface area contributed by atoms with Gasteiger partial charge in [0, 0.05) is 23.4 Å². The minimum absolute atomic E-state index is 0. The summed E-state index contributed by atoms with van der Waals surface area (Å²) in [5.74, 6) is -3.17. The molecular weight excluding hydrogens is 738 g/mol. The Bertz CT molecular complexity index is 2070. The number of ketones is 2. The molecule has 3 aromatic rings. The smallest absolute Gasteiger partial charge is 0.744 e. The molecular formula is C33H36N4Na2O11S2. The number of carboxylic acid groups (broad SMARTS) is 1. The second-order valence-electron chi connectivity index (χ2n) is 12.5. The van der Waals surface area contributed by atoms with Gasteiger partial charge in [0.05, 0.1) is 50.1 Å². The first-order valence-corrected chi connectivity index (χ1v) is 18.5. The van der Waals surface area contributed by atoms with E-state index in [1.165, 1.54) is 42.5 Å². The molecule has 52 heavy (non-hydrogen) atoms. The number of carboxylic acids is 1. The van der Waals surface area contributed by atoms with Crippen LogP contribution in [0.4, 0.5) is 21.9 Å². The van der Waals surface area contributed by atoms with Gasteiger partial charge >= 0.3 is 65.2 Å². The van der Waals surface area contributed by atoms with Gasteiger partial charge in [-0.3, -0.25) is 9.59 Å². The number of fused-ring (bicyclic) bond motifs is 2. The summed E-state index contributed by atoms with van der Waals surface area (Å²) in [6.45, 7) is 5.33. The van der Waals surface area contributed by atoms with Gasteiger partial charge in [0.15, 0.2) is 21.4 Å². The largest absolute Gasteiger partial charge is 1.00 e. The van der Waals surface area contributed by atoms with Crippen molar-refractivity contribution < 1.29 is 110 Å². The maximum Gasteiger partial charge on any atom is 1.00 e. The number of carbonyl (C=O) groups is 4. The van der Waals surface area contributed by atoms with Crippen molar-refractivity contribution >= 4 is 60.6 Å². The average molecular weight is 775 g/mol. The first kappa shape index (κ1) is 45.3. The summed E-state index contributed by atoms with van der Waals surface area (Å²) in [6.07, 6.45) is 0.0492. The Morgan fingerprint density at radius 3 is 2.08 bits per heavy atom. The zero-order valence-corrected chi connectivity index (χ0v) is 35.0. The number of nitrogens with one attached hydrogen (secondary N) is 3. The van der Waals surface area contributed by atoms with E-state index in [2.05, 4.69) is 16.0 Å². The van der Waals surface area contributed by atoms with Crippen LogP contribution >= 0.6 is 0 Å². The number of hydrogen-bond acceptors (Lipinski definition) is 14. The molecule has 0 aromatic heterocycles. The van der Waals surface area contributed by atoms with Crippen LogP contribution in [-0.4, -0.2) is 75.5 Å². The molecule has 0 radical (unpaired) electrons. The first-order valence-electron chi connectivity index (χ1n) is 15.4. The molecule has 3 aromatic carbocycles. The Hall–Kier alpha value is -2.84. The summed E-state index contributed by atoms with van der Waals surface area (Å²) in [5.41, 5.74) is 3.73. The van der Waals surface area contributed by atoms with Crippen molar-refractivity contribution in [3.05, 3.63) is 76.9 Å². The summed E-state index contributed by atoms with van der Waals surface area (Å²) in [4.78, 5) is 49.2. The molecule has 0 bridgehead atoms. The zero-order valence-electron chi connectivity index (χ0n) is 29.4. The van der Waals surface area contributed by atoms with Crippen LogP contribution in [0.25, 0.3) is 0 Å². The number of rotatable bonds is 14. The molecule has 0 fully saturated rings. The molecule has 0 aliphatic heterocycles. The Morgan fingerprint density at radius 2 is 1.50 bits per heavy atom. The van der Waals surface area contributed by atoms with Crippen molar-refractivity contribution in [3.8, 4) is 0 Å². The molecule has 1 aliphatic rings. The molecule has 5 N–H and O–H groups in total. The molecule has 4 rings (SSSR count). The molecule has 19 heteroatoms. The van der Waals surface area contributed by atoms with Crippen LogP contribution in [0.5, 0.6) is 0 Å². The van der Waals surface area contributed by atoms with E-state index in [1.807, 2.05) is 0 Å². The van der Waals surface area contributed by atoms with Crippen molar-refractivity contribution in [2.24, 2.45) is 0 Å². The fraction of sp³-hybridized carbons (Fsp3) is 0.333. The van der Waals surface area contributed by atoms with Crippen molar-refractivity contribution in [2.75, 3.05) is 29.9 Å². The van der Waals surface area contributed by atoms with Crippen molar-refractivity contribution in [1.29, 1.82) is 0 Å². The third kappa shape index (κ3) is 11.3. The van der Waals surface area contributed by atoms with Crippen molar-refractivity contribution in [2.45, 2.75) is 61.5 Å². The van der Waals surface area contributed by atoms with E-state index in [9.17, 15) is 45.7 Å². The Balaban J connectivity index is 0.00000468. The number of anilines is 3. The predicted molar refractivity (Wildman–Crippen MR) is 179 cm³/mol. The number of amides is 1. The summed E-state index contributed by atoms with van der Waals surface area (Å²) < 4.78 is 67.7. The van der Waals surface area contributed by atoms with E-state index in [4.69, 9.17) is 10.5 Å². The van der Waals surface area contributed by atoms with Crippen molar-refractivity contribution in [3.63, 3.8) is 0 Å². The normalized spacial score (nSPS) is 13.1. The quantitative estimate of drug-likeness (QED) is 0.0411. The van der Waals surface area contributed by atoms with Crippen LogP contribution in [0.1, 0.15) is 71.9 Å². The molecule has 0 spiro atoms. The van der Waals surface area contributed by atoms with Crippen LogP contribution in [0.15, 0.2) is 64.4 Å². The summed E-state index contributed by atoms with van der Waals surface area (Å²) in [6, 6.07) is 10.9. The number of alkyl carbamates (subject to hydrolysis) is 1. The minimum atomic E-state index is -5.20. The van der Waals surface area contributed by atoms with Gasteiger partial charge in [-0.2, -0.15) is 0 Å². The maximum absolute atomic E-state index is 13.5. The average Bonchev–Trinajstić information content (AvgIpc) is 3.01. The summed E-state index contributed by atoms with van der Waals surface area (Å²) in [7, 11) is -9.07. The predicted octanol–water partition coefficient (Wildman–Crippen LogP) is -4.12. The molecule has 1 atom stereocenters. The Morgan fingerprint density at radius 1 is 0.885 bits per heavy atom. The van der Waals surface area contributed by atoms with Gasteiger partial charge in [-0.15, -0.1) is 0 Å². The van der Waals surface area contributed by atoms with Gasteiger partial charge in [0.1, 0.15) is 15.7 Å². The maximum atomic E-state index is 13.5. The van der Waals surface area contributed by atoms with E-state index in [1.54, 1.807) is 26.8 Å². The third-order valence-electron chi connectivity index (χ3n) is 7.56.